The van der Waals surface area contributed by atoms with Crippen LogP contribution in [0.5, 0.6) is 0 Å². The smallest absolute Gasteiger partial charge is 0.0171 e. The largest absolute Gasteiger partial charge is 0.378 e. The maximum Gasteiger partial charge on any atom is 0.0171 e. The number of unbranched alkanes of at least 4 members (excludes halogenated alkanes) is 1. The van der Waals surface area contributed by atoms with Crippen LogP contribution in [0.3, 0.4) is 0 Å². The Morgan fingerprint density at radius 2 is 1.80 bits per heavy atom. The molecule has 0 aliphatic rings. The molecule has 1 nitrogen and oxygen atoms in total. The summed E-state index contributed by atoms with van der Waals surface area (Å²) in [7, 11) is 2.16. The van der Waals surface area contributed by atoms with E-state index in [0.717, 1.165) is 13.0 Å². The van der Waals surface area contributed by atoms with Gasteiger partial charge in [0.2, 0.25) is 0 Å². The van der Waals surface area contributed by atoms with Gasteiger partial charge in [0.15, 0.2) is 0 Å². The van der Waals surface area contributed by atoms with Gasteiger partial charge < -0.3 is 4.90 Å². The zero-order chi connectivity index (χ0) is 11.9. The standard InChI is InChI=1S/C14H29N/c1-7-10-13(2)15(6)12-9-8-11-14(3,4)5/h2,7-12H2,1,3-6H3. The SMILES string of the molecule is C=C(CCC)N(C)CCCCC(C)(C)C. The molecule has 0 aromatic rings. The van der Waals surface area contributed by atoms with Gasteiger partial charge >= 0.3 is 0 Å². The van der Waals surface area contributed by atoms with Crippen molar-refractivity contribution in [3.05, 3.63) is 12.3 Å². The van der Waals surface area contributed by atoms with Crippen LogP contribution in [-0.4, -0.2) is 18.5 Å². The summed E-state index contributed by atoms with van der Waals surface area (Å²) < 4.78 is 0. The summed E-state index contributed by atoms with van der Waals surface area (Å²) in [5.41, 5.74) is 1.77. The molecule has 0 amide bonds. The summed E-state index contributed by atoms with van der Waals surface area (Å²) in [5, 5.41) is 0. The van der Waals surface area contributed by atoms with Crippen molar-refractivity contribution >= 4 is 0 Å². The first kappa shape index (κ1) is 14.5. The van der Waals surface area contributed by atoms with Crippen LogP contribution in [-0.2, 0) is 0 Å². The van der Waals surface area contributed by atoms with Gasteiger partial charge in [0.05, 0.1) is 0 Å². The van der Waals surface area contributed by atoms with Crippen molar-refractivity contribution in [2.75, 3.05) is 13.6 Å². The molecule has 90 valence electrons. The Morgan fingerprint density at radius 1 is 1.20 bits per heavy atom. The molecule has 0 radical (unpaired) electrons. The molecule has 0 saturated carbocycles. The van der Waals surface area contributed by atoms with Crippen molar-refractivity contribution in [2.45, 2.75) is 59.8 Å². The van der Waals surface area contributed by atoms with Gasteiger partial charge in [0, 0.05) is 19.3 Å². The highest BCUT2D eigenvalue weighted by Gasteiger charge is 2.09. The maximum atomic E-state index is 4.10. The van der Waals surface area contributed by atoms with Crippen LogP contribution < -0.4 is 0 Å². The molecule has 0 aliphatic carbocycles. The third-order valence-corrected chi connectivity index (χ3v) is 2.75. The Kier molecular flexibility index (Phi) is 6.71. The van der Waals surface area contributed by atoms with Crippen molar-refractivity contribution in [2.24, 2.45) is 5.41 Å². The number of rotatable bonds is 7. The topological polar surface area (TPSA) is 3.24 Å². The lowest BCUT2D eigenvalue weighted by Crippen LogP contribution is -2.18. The third kappa shape index (κ3) is 8.53. The molecule has 0 atom stereocenters. The molecule has 0 heterocycles. The highest BCUT2D eigenvalue weighted by molar-refractivity contribution is 4.91. The van der Waals surface area contributed by atoms with Crippen LogP contribution in [0.1, 0.15) is 59.8 Å². The van der Waals surface area contributed by atoms with Crippen LogP contribution in [0, 0.1) is 5.41 Å². The Labute approximate surface area is 96.6 Å². The molecule has 1 heteroatoms. The molecule has 0 aliphatic heterocycles. The highest BCUT2D eigenvalue weighted by Crippen LogP contribution is 2.21. The highest BCUT2D eigenvalue weighted by atomic mass is 15.1. The normalized spacial score (nSPS) is 11.5. The molecular weight excluding hydrogens is 182 g/mol. The van der Waals surface area contributed by atoms with Crippen LogP contribution in [0.4, 0.5) is 0 Å². The van der Waals surface area contributed by atoms with Crippen molar-refractivity contribution in [3.8, 4) is 0 Å². The summed E-state index contributed by atoms with van der Waals surface area (Å²) in [6, 6.07) is 0. The molecule has 0 unspecified atom stereocenters. The van der Waals surface area contributed by atoms with Crippen molar-refractivity contribution in [3.63, 3.8) is 0 Å². The van der Waals surface area contributed by atoms with Gasteiger partial charge in [-0.1, -0.05) is 47.1 Å². The second-order valence-corrected chi connectivity index (χ2v) is 5.76. The molecule has 0 aromatic carbocycles. The Morgan fingerprint density at radius 3 is 2.27 bits per heavy atom. The van der Waals surface area contributed by atoms with E-state index in [9.17, 15) is 0 Å². The number of hydrogen-bond acceptors (Lipinski definition) is 1. The van der Waals surface area contributed by atoms with Gasteiger partial charge in [-0.25, -0.2) is 0 Å². The summed E-state index contributed by atoms with van der Waals surface area (Å²) in [6.45, 7) is 14.4. The van der Waals surface area contributed by atoms with E-state index in [1.54, 1.807) is 0 Å². The summed E-state index contributed by atoms with van der Waals surface area (Å²) >= 11 is 0. The van der Waals surface area contributed by atoms with Crippen LogP contribution in [0.25, 0.3) is 0 Å². The first-order valence-electron chi connectivity index (χ1n) is 6.25. The first-order chi connectivity index (χ1) is 6.87. The van der Waals surface area contributed by atoms with E-state index >= 15 is 0 Å². The second kappa shape index (κ2) is 6.92. The average molecular weight is 211 g/mol. The predicted molar refractivity (Wildman–Crippen MR) is 70.0 cm³/mol. The lowest BCUT2D eigenvalue weighted by Gasteiger charge is -2.23. The molecule has 0 aromatic heterocycles. The van der Waals surface area contributed by atoms with Gasteiger partial charge in [-0.15, -0.1) is 0 Å². The van der Waals surface area contributed by atoms with E-state index < -0.39 is 0 Å². The monoisotopic (exact) mass is 211 g/mol. The molecule has 0 saturated heterocycles. The first-order valence-corrected chi connectivity index (χ1v) is 6.25. The molecule has 0 spiro atoms. The van der Waals surface area contributed by atoms with Crippen LogP contribution >= 0.6 is 0 Å². The minimum Gasteiger partial charge on any atom is -0.378 e. The van der Waals surface area contributed by atoms with Gasteiger partial charge in [-0.2, -0.15) is 0 Å². The van der Waals surface area contributed by atoms with Crippen molar-refractivity contribution < 1.29 is 0 Å². The number of nitrogens with zero attached hydrogens (tertiary/aromatic N) is 1. The van der Waals surface area contributed by atoms with E-state index in [2.05, 4.69) is 46.2 Å². The van der Waals surface area contributed by atoms with Crippen LogP contribution in [0.15, 0.2) is 12.3 Å². The van der Waals surface area contributed by atoms with E-state index in [-0.39, 0.29) is 0 Å². The van der Waals surface area contributed by atoms with E-state index in [1.807, 2.05) is 0 Å². The van der Waals surface area contributed by atoms with E-state index in [1.165, 1.54) is 31.4 Å². The second-order valence-electron chi connectivity index (χ2n) is 5.76. The zero-order valence-electron chi connectivity index (χ0n) is 11.4. The van der Waals surface area contributed by atoms with Gasteiger partial charge in [0.25, 0.3) is 0 Å². The lowest BCUT2D eigenvalue weighted by molar-refractivity contribution is 0.332. The molecule has 0 bridgehead atoms. The minimum atomic E-state index is 0.485. The summed E-state index contributed by atoms with van der Waals surface area (Å²) in [6.07, 6.45) is 6.27. The maximum absolute atomic E-state index is 4.10. The van der Waals surface area contributed by atoms with Crippen molar-refractivity contribution in [1.82, 2.24) is 4.90 Å². The third-order valence-electron chi connectivity index (χ3n) is 2.75. The molecule has 15 heavy (non-hydrogen) atoms. The zero-order valence-corrected chi connectivity index (χ0v) is 11.4. The lowest BCUT2D eigenvalue weighted by atomic mass is 9.90. The molecule has 0 N–H and O–H groups in total. The minimum absolute atomic E-state index is 0.485. The number of allylic oxidation sites excluding steroid dienone is 1. The average Bonchev–Trinajstić information content (AvgIpc) is 2.11. The van der Waals surface area contributed by atoms with E-state index in [0.29, 0.717) is 5.41 Å². The van der Waals surface area contributed by atoms with Gasteiger partial charge in [-0.05, 0) is 24.7 Å². The number of hydrogen-bond donors (Lipinski definition) is 0. The Hall–Kier alpha value is -0.460. The predicted octanol–water partition coefficient (Wildman–Crippen LogP) is 4.45. The molecule has 0 fully saturated rings. The fourth-order valence-electron chi connectivity index (χ4n) is 1.64. The van der Waals surface area contributed by atoms with E-state index in [4.69, 9.17) is 0 Å². The van der Waals surface area contributed by atoms with Crippen molar-refractivity contribution in [1.29, 1.82) is 0 Å². The summed E-state index contributed by atoms with van der Waals surface area (Å²) in [5.74, 6) is 0. The Balaban J connectivity index is 3.55. The van der Waals surface area contributed by atoms with Gasteiger partial charge in [-0.3, -0.25) is 0 Å². The fraction of sp³-hybridized carbons (Fsp3) is 0.857. The fourth-order valence-corrected chi connectivity index (χ4v) is 1.64. The Bertz CT molecular complexity index is 176. The molecule has 0 rings (SSSR count). The van der Waals surface area contributed by atoms with Crippen LogP contribution in [0.2, 0.25) is 0 Å². The quantitative estimate of drug-likeness (QED) is 0.562. The molecular formula is C14H29N. The summed E-state index contributed by atoms with van der Waals surface area (Å²) in [4.78, 5) is 2.31. The van der Waals surface area contributed by atoms with Gasteiger partial charge in [0.1, 0.15) is 0 Å².